The molecule has 1 atom stereocenters. The molecule has 82 valence electrons. The van der Waals surface area contributed by atoms with Crippen molar-refractivity contribution in [1.29, 1.82) is 0 Å². The summed E-state index contributed by atoms with van der Waals surface area (Å²) in [5, 5.41) is 10.4. The molecular weight excluding hydrogens is 230 g/mol. The smallest absolute Gasteiger partial charge is 0.0912 e. The summed E-state index contributed by atoms with van der Waals surface area (Å²) >= 11 is 7.97. The first-order valence-corrected chi connectivity index (χ1v) is 6.42. The summed E-state index contributed by atoms with van der Waals surface area (Å²) < 4.78 is 0. The van der Waals surface area contributed by atoms with Gasteiger partial charge in [0.2, 0.25) is 0 Å². The molecule has 1 aromatic carbocycles. The maximum absolute atomic E-state index is 9.66. The Morgan fingerprint density at radius 2 is 2.33 bits per heavy atom. The fourth-order valence-electron chi connectivity index (χ4n) is 1.79. The Morgan fingerprint density at radius 3 is 3.07 bits per heavy atom. The summed E-state index contributed by atoms with van der Waals surface area (Å²) in [6, 6.07) is 3.86. The molecule has 15 heavy (non-hydrogen) atoms. The summed E-state index contributed by atoms with van der Waals surface area (Å²) in [6.07, 6.45) is 1.63. The lowest BCUT2D eigenvalue weighted by Crippen LogP contribution is -2.12. The monoisotopic (exact) mass is 243 g/mol. The van der Waals surface area contributed by atoms with Gasteiger partial charge in [-0.15, -0.1) is 11.8 Å². The summed E-state index contributed by atoms with van der Waals surface area (Å²) in [5.41, 5.74) is 7.52. The van der Waals surface area contributed by atoms with E-state index in [1.807, 2.05) is 12.1 Å². The van der Waals surface area contributed by atoms with Crippen LogP contribution in [0.4, 0.5) is 0 Å². The molecular formula is C11H14ClNOS. The van der Waals surface area contributed by atoms with Gasteiger partial charge in [-0.2, -0.15) is 0 Å². The van der Waals surface area contributed by atoms with Crippen LogP contribution in [0.2, 0.25) is 5.02 Å². The van der Waals surface area contributed by atoms with Gasteiger partial charge in [0.1, 0.15) is 0 Å². The molecule has 0 saturated heterocycles. The number of rotatable bonds is 2. The topological polar surface area (TPSA) is 46.2 Å². The highest BCUT2D eigenvalue weighted by Gasteiger charge is 2.16. The molecule has 1 heterocycles. The van der Waals surface area contributed by atoms with Gasteiger partial charge in [-0.25, -0.2) is 0 Å². The Morgan fingerprint density at radius 1 is 1.53 bits per heavy atom. The fraction of sp³-hybridized carbons (Fsp3) is 0.455. The van der Waals surface area contributed by atoms with E-state index in [2.05, 4.69) is 0 Å². The zero-order valence-electron chi connectivity index (χ0n) is 8.37. The highest BCUT2D eigenvalue weighted by atomic mass is 35.5. The number of nitrogens with two attached hydrogens (primary N) is 1. The summed E-state index contributed by atoms with van der Waals surface area (Å²) in [7, 11) is 0. The molecule has 1 aliphatic rings. The van der Waals surface area contributed by atoms with Crippen molar-refractivity contribution in [3.05, 3.63) is 28.3 Å². The molecule has 3 N–H and O–H groups in total. The zero-order chi connectivity index (χ0) is 10.8. The lowest BCUT2D eigenvalue weighted by molar-refractivity contribution is 0.186. The van der Waals surface area contributed by atoms with E-state index >= 15 is 0 Å². The largest absolute Gasteiger partial charge is 0.387 e. The van der Waals surface area contributed by atoms with Crippen molar-refractivity contribution in [3.63, 3.8) is 0 Å². The van der Waals surface area contributed by atoms with Gasteiger partial charge in [-0.1, -0.05) is 17.7 Å². The number of aliphatic hydroxyl groups is 1. The molecule has 1 aliphatic heterocycles. The molecule has 2 nitrogen and oxygen atoms in total. The third-order valence-corrected chi connectivity index (χ3v) is 4.26. The Hall–Kier alpha value is -0.220. The Bertz CT molecular complexity index is 370. The highest BCUT2D eigenvalue weighted by molar-refractivity contribution is 7.99. The maximum Gasteiger partial charge on any atom is 0.0912 e. The SMILES string of the molecule is NCC(O)c1cc(Cl)c2c(c1)CCCS2. The van der Waals surface area contributed by atoms with E-state index in [0.29, 0.717) is 0 Å². The molecule has 0 aromatic heterocycles. The number of aliphatic hydroxyl groups excluding tert-OH is 1. The lowest BCUT2D eigenvalue weighted by Gasteiger charge is -2.19. The molecule has 0 fully saturated rings. The van der Waals surface area contributed by atoms with Crippen LogP contribution in [0, 0.1) is 0 Å². The van der Waals surface area contributed by atoms with Crippen molar-refractivity contribution < 1.29 is 5.11 Å². The minimum atomic E-state index is -0.597. The van der Waals surface area contributed by atoms with E-state index in [9.17, 15) is 5.11 Å². The molecule has 1 unspecified atom stereocenters. The molecule has 4 heteroatoms. The lowest BCUT2D eigenvalue weighted by atomic mass is 10.0. The van der Waals surface area contributed by atoms with Gasteiger partial charge in [0.25, 0.3) is 0 Å². The summed E-state index contributed by atoms with van der Waals surface area (Å²) in [5.74, 6) is 1.13. The number of fused-ring (bicyclic) bond motifs is 1. The average molecular weight is 244 g/mol. The number of benzene rings is 1. The minimum absolute atomic E-state index is 0.238. The van der Waals surface area contributed by atoms with Gasteiger partial charge < -0.3 is 10.8 Å². The van der Waals surface area contributed by atoms with E-state index < -0.39 is 6.10 Å². The quantitative estimate of drug-likeness (QED) is 0.839. The second kappa shape index (κ2) is 4.74. The third-order valence-electron chi connectivity index (χ3n) is 2.59. The number of halogens is 1. The van der Waals surface area contributed by atoms with Crippen LogP contribution in [0.3, 0.4) is 0 Å². The Labute approximate surface area is 98.8 Å². The molecule has 2 rings (SSSR count). The fourth-order valence-corrected chi connectivity index (χ4v) is 3.23. The zero-order valence-corrected chi connectivity index (χ0v) is 9.94. The van der Waals surface area contributed by atoms with Crippen molar-refractivity contribution >= 4 is 23.4 Å². The third kappa shape index (κ3) is 2.31. The van der Waals surface area contributed by atoms with Crippen LogP contribution in [-0.4, -0.2) is 17.4 Å². The minimum Gasteiger partial charge on any atom is -0.387 e. The number of aryl methyl sites for hydroxylation is 1. The van der Waals surface area contributed by atoms with Gasteiger partial charge in [-0.05, 0) is 35.8 Å². The van der Waals surface area contributed by atoms with Crippen molar-refractivity contribution in [2.45, 2.75) is 23.8 Å². The van der Waals surface area contributed by atoms with Crippen LogP contribution in [0.25, 0.3) is 0 Å². The van der Waals surface area contributed by atoms with Crippen molar-refractivity contribution in [2.24, 2.45) is 5.73 Å². The van der Waals surface area contributed by atoms with E-state index in [1.54, 1.807) is 11.8 Å². The van der Waals surface area contributed by atoms with E-state index in [-0.39, 0.29) is 6.54 Å². The van der Waals surface area contributed by atoms with Gasteiger partial charge in [0, 0.05) is 11.4 Å². The first-order chi connectivity index (χ1) is 7.22. The maximum atomic E-state index is 9.66. The van der Waals surface area contributed by atoms with Crippen molar-refractivity contribution in [1.82, 2.24) is 0 Å². The molecule has 0 bridgehead atoms. The van der Waals surface area contributed by atoms with Crippen molar-refractivity contribution in [2.75, 3.05) is 12.3 Å². The van der Waals surface area contributed by atoms with Crippen LogP contribution in [0.15, 0.2) is 17.0 Å². The van der Waals surface area contributed by atoms with Crippen LogP contribution in [-0.2, 0) is 6.42 Å². The standard InChI is InChI=1S/C11H14ClNOS/c12-9-5-8(10(14)6-13)4-7-2-1-3-15-11(7)9/h4-5,10,14H,1-3,6,13H2. The average Bonchev–Trinajstić information content (AvgIpc) is 2.28. The van der Waals surface area contributed by atoms with Crippen LogP contribution in [0.5, 0.6) is 0 Å². The molecule has 0 amide bonds. The van der Waals surface area contributed by atoms with Gasteiger partial charge in [-0.3, -0.25) is 0 Å². The normalized spacial score (nSPS) is 17.3. The first-order valence-electron chi connectivity index (χ1n) is 5.05. The predicted octanol–water partition coefficient (Wildman–Crippen LogP) is 2.37. The highest BCUT2D eigenvalue weighted by Crippen LogP contribution is 2.37. The molecule has 1 aromatic rings. The van der Waals surface area contributed by atoms with E-state index in [4.69, 9.17) is 17.3 Å². The second-order valence-corrected chi connectivity index (χ2v) is 5.21. The van der Waals surface area contributed by atoms with E-state index in [1.165, 1.54) is 16.9 Å². The second-order valence-electron chi connectivity index (χ2n) is 3.69. The Kier molecular flexibility index (Phi) is 3.57. The number of thioether (sulfide) groups is 1. The number of hydrogen-bond acceptors (Lipinski definition) is 3. The molecule has 0 aliphatic carbocycles. The summed E-state index contributed by atoms with van der Waals surface area (Å²) in [6.45, 7) is 0.238. The number of hydrogen-bond donors (Lipinski definition) is 2. The van der Waals surface area contributed by atoms with Crippen LogP contribution in [0.1, 0.15) is 23.7 Å². The van der Waals surface area contributed by atoms with Crippen LogP contribution < -0.4 is 5.73 Å². The van der Waals surface area contributed by atoms with Crippen molar-refractivity contribution in [3.8, 4) is 0 Å². The van der Waals surface area contributed by atoms with E-state index in [0.717, 1.165) is 22.8 Å². The molecule has 0 radical (unpaired) electrons. The van der Waals surface area contributed by atoms with Gasteiger partial charge in [0.05, 0.1) is 11.1 Å². The van der Waals surface area contributed by atoms with Gasteiger partial charge >= 0.3 is 0 Å². The molecule has 0 saturated carbocycles. The summed E-state index contributed by atoms with van der Waals surface area (Å²) in [4.78, 5) is 1.18. The molecule has 0 spiro atoms. The predicted molar refractivity (Wildman–Crippen MR) is 64.5 cm³/mol. The van der Waals surface area contributed by atoms with Gasteiger partial charge in [0.15, 0.2) is 0 Å². The first kappa shape index (κ1) is 11.3. The Balaban J connectivity index is 2.40. The van der Waals surface area contributed by atoms with Crippen LogP contribution >= 0.6 is 23.4 Å².